The van der Waals surface area contributed by atoms with Gasteiger partial charge in [-0.3, -0.25) is 34.4 Å². The number of aromatic nitrogens is 3. The Bertz CT molecular complexity index is 2350. The third-order valence-corrected chi connectivity index (χ3v) is 11.9. The molecule has 0 bridgehead atoms. The number of ether oxygens (including phenoxy) is 3. The number of imide groups is 2. The van der Waals surface area contributed by atoms with Crippen molar-refractivity contribution in [2.24, 2.45) is 13.0 Å². The highest BCUT2D eigenvalue weighted by molar-refractivity contribution is 6.23. The second-order valence-electron chi connectivity index (χ2n) is 15.7. The monoisotopic (exact) mass is 770 g/mol. The SMILES string of the molecule is Cn1c2ccncc2c2ccc(-c3ccc(OC4CC(OCCCCCOCCC5CN(c6ccc7c(c6)C(=O)N(C6CCC(=O)NC6=O)C7=O)C5)C4)nc3)cc21. The Morgan fingerprint density at radius 1 is 0.789 bits per heavy atom. The molecule has 1 saturated carbocycles. The largest absolute Gasteiger partial charge is 0.474 e. The lowest BCUT2D eigenvalue weighted by molar-refractivity contribution is -0.136. The Hall–Kier alpha value is -5.66. The molecular weight excluding hydrogens is 725 g/mol. The molecule has 13 heteroatoms. The molecule has 6 heterocycles. The number of nitrogens with one attached hydrogen (secondary N) is 1. The average Bonchev–Trinajstić information content (AvgIpc) is 3.61. The summed E-state index contributed by atoms with van der Waals surface area (Å²) >= 11 is 0. The molecule has 57 heavy (non-hydrogen) atoms. The predicted octanol–water partition coefficient (Wildman–Crippen LogP) is 5.83. The number of hydrogen-bond donors (Lipinski definition) is 1. The summed E-state index contributed by atoms with van der Waals surface area (Å²) in [6, 6.07) is 16.9. The first-order valence-corrected chi connectivity index (χ1v) is 20.1. The van der Waals surface area contributed by atoms with Crippen molar-refractivity contribution in [3.63, 3.8) is 0 Å². The van der Waals surface area contributed by atoms with Gasteiger partial charge in [0, 0.05) is 111 Å². The van der Waals surface area contributed by atoms with Gasteiger partial charge < -0.3 is 23.7 Å². The van der Waals surface area contributed by atoms with E-state index < -0.39 is 23.8 Å². The van der Waals surface area contributed by atoms with Crippen LogP contribution in [0.4, 0.5) is 5.69 Å². The highest BCUT2D eigenvalue weighted by atomic mass is 16.5. The lowest BCUT2D eigenvalue weighted by Crippen LogP contribution is -2.54. The number of piperidine rings is 1. The second-order valence-corrected chi connectivity index (χ2v) is 15.7. The second kappa shape index (κ2) is 15.7. The Morgan fingerprint density at radius 2 is 1.61 bits per heavy atom. The molecule has 3 fully saturated rings. The fourth-order valence-electron chi connectivity index (χ4n) is 8.48. The third-order valence-electron chi connectivity index (χ3n) is 11.9. The fourth-order valence-corrected chi connectivity index (χ4v) is 8.48. The summed E-state index contributed by atoms with van der Waals surface area (Å²) in [5, 5.41) is 4.59. The van der Waals surface area contributed by atoms with Gasteiger partial charge in [-0.1, -0.05) is 12.1 Å². The number of aryl methyl sites for hydroxylation is 1. The Labute approximate surface area is 330 Å². The van der Waals surface area contributed by atoms with Gasteiger partial charge in [0.1, 0.15) is 12.1 Å². The number of carbonyl (C=O) groups excluding carboxylic acids is 4. The first kappa shape index (κ1) is 36.9. The average molecular weight is 771 g/mol. The predicted molar refractivity (Wildman–Crippen MR) is 213 cm³/mol. The maximum Gasteiger partial charge on any atom is 0.262 e. The summed E-state index contributed by atoms with van der Waals surface area (Å²) in [4.78, 5) is 62.1. The van der Waals surface area contributed by atoms with E-state index in [1.807, 2.05) is 36.8 Å². The number of carbonyl (C=O) groups is 4. The van der Waals surface area contributed by atoms with E-state index in [-0.39, 0.29) is 31.0 Å². The van der Waals surface area contributed by atoms with Crippen molar-refractivity contribution in [1.82, 2.24) is 24.8 Å². The molecule has 3 aromatic heterocycles. The van der Waals surface area contributed by atoms with Gasteiger partial charge in [0.15, 0.2) is 0 Å². The van der Waals surface area contributed by atoms with Crippen molar-refractivity contribution in [1.29, 1.82) is 0 Å². The molecule has 4 aliphatic rings. The number of benzene rings is 2. The van der Waals surface area contributed by atoms with Crippen LogP contribution >= 0.6 is 0 Å². The maximum absolute atomic E-state index is 13.2. The highest BCUT2D eigenvalue weighted by Crippen LogP contribution is 2.35. The van der Waals surface area contributed by atoms with Gasteiger partial charge in [0.05, 0.1) is 22.7 Å². The molecule has 0 radical (unpaired) electrons. The molecule has 13 nitrogen and oxygen atoms in total. The topological polar surface area (TPSA) is 145 Å². The molecule has 0 spiro atoms. The fraction of sp³-hybridized carbons (Fsp3) is 0.409. The van der Waals surface area contributed by atoms with Gasteiger partial charge in [-0.2, -0.15) is 0 Å². The van der Waals surface area contributed by atoms with Crippen molar-refractivity contribution in [3.8, 4) is 17.0 Å². The van der Waals surface area contributed by atoms with Gasteiger partial charge in [0.2, 0.25) is 17.7 Å². The zero-order chi connectivity index (χ0) is 39.0. The van der Waals surface area contributed by atoms with E-state index >= 15 is 0 Å². The Balaban J connectivity index is 0.618. The van der Waals surface area contributed by atoms with Crippen LogP contribution in [0.15, 0.2) is 73.2 Å². The molecule has 1 atom stereocenters. The number of amides is 4. The third kappa shape index (κ3) is 7.37. The van der Waals surface area contributed by atoms with Crippen molar-refractivity contribution in [2.45, 2.75) is 69.6 Å². The standard InChI is InChI=1S/C44H46N6O7/c1-48-37-13-15-45-24-36(37)33-8-5-28(19-39(33)48)29-6-12-41(46-23-29)57-32-21-31(22-32)56-17-4-2-3-16-55-18-14-27-25-49(26-27)30-7-9-34-35(20-30)44(54)50(43(34)53)38-10-11-40(51)47-42(38)52/h5-9,12-13,15,19-20,23-24,27,31-32,38H,2-4,10-11,14,16-18,21-22,25-26H2,1H3,(H,47,51,52). The molecule has 1 aliphatic carbocycles. The van der Waals surface area contributed by atoms with Crippen LogP contribution < -0.4 is 15.0 Å². The summed E-state index contributed by atoms with van der Waals surface area (Å²) in [5.41, 5.74) is 6.00. The van der Waals surface area contributed by atoms with Crippen molar-refractivity contribution in [3.05, 3.63) is 84.3 Å². The van der Waals surface area contributed by atoms with Crippen molar-refractivity contribution >= 4 is 51.1 Å². The van der Waals surface area contributed by atoms with Crippen LogP contribution in [0.5, 0.6) is 5.88 Å². The number of pyridine rings is 2. The molecule has 3 aliphatic heterocycles. The van der Waals surface area contributed by atoms with E-state index in [1.54, 1.807) is 12.1 Å². The first-order valence-electron chi connectivity index (χ1n) is 20.1. The summed E-state index contributed by atoms with van der Waals surface area (Å²) in [6.45, 7) is 3.92. The maximum atomic E-state index is 13.2. The number of hydrogen-bond acceptors (Lipinski definition) is 10. The Kier molecular flexibility index (Phi) is 10.2. The van der Waals surface area contributed by atoms with E-state index in [0.717, 1.165) is 91.9 Å². The van der Waals surface area contributed by atoms with Crippen LogP contribution in [0.25, 0.3) is 32.9 Å². The number of fused-ring (bicyclic) bond motifs is 4. The zero-order valence-corrected chi connectivity index (χ0v) is 32.0. The van der Waals surface area contributed by atoms with Crippen LogP contribution in [-0.4, -0.2) is 94.2 Å². The zero-order valence-electron chi connectivity index (χ0n) is 32.0. The first-order chi connectivity index (χ1) is 27.8. The summed E-state index contributed by atoms with van der Waals surface area (Å²) in [5.74, 6) is -0.804. The Morgan fingerprint density at radius 3 is 2.44 bits per heavy atom. The van der Waals surface area contributed by atoms with Crippen LogP contribution in [0.2, 0.25) is 0 Å². The number of nitrogens with zero attached hydrogens (tertiary/aromatic N) is 5. The summed E-state index contributed by atoms with van der Waals surface area (Å²) in [6.07, 6.45) is 12.1. The van der Waals surface area contributed by atoms with Crippen LogP contribution in [0, 0.1) is 5.92 Å². The van der Waals surface area contributed by atoms with Gasteiger partial charge in [0.25, 0.3) is 11.8 Å². The minimum absolute atomic E-state index is 0.100. The van der Waals surface area contributed by atoms with E-state index in [2.05, 4.69) is 56.1 Å². The van der Waals surface area contributed by atoms with Gasteiger partial charge in [-0.05, 0) is 80.0 Å². The number of unbranched alkanes of at least 4 members (excludes halogenated alkanes) is 2. The van der Waals surface area contributed by atoms with E-state index in [9.17, 15) is 19.2 Å². The molecule has 2 saturated heterocycles. The van der Waals surface area contributed by atoms with E-state index in [4.69, 9.17) is 14.2 Å². The van der Waals surface area contributed by atoms with E-state index in [0.29, 0.717) is 29.5 Å². The normalized spacial score (nSPS) is 20.9. The molecule has 9 rings (SSSR count). The lowest BCUT2D eigenvalue weighted by Gasteiger charge is -2.41. The molecule has 1 N–H and O–H groups in total. The van der Waals surface area contributed by atoms with Gasteiger partial charge >= 0.3 is 0 Å². The van der Waals surface area contributed by atoms with E-state index in [1.165, 1.54) is 16.4 Å². The minimum atomic E-state index is -0.958. The van der Waals surface area contributed by atoms with Crippen LogP contribution in [0.3, 0.4) is 0 Å². The van der Waals surface area contributed by atoms with Gasteiger partial charge in [-0.25, -0.2) is 4.98 Å². The van der Waals surface area contributed by atoms with Crippen LogP contribution in [-0.2, 0) is 26.1 Å². The smallest absolute Gasteiger partial charge is 0.262 e. The molecular formula is C44H46N6O7. The highest BCUT2D eigenvalue weighted by Gasteiger charge is 2.45. The summed E-state index contributed by atoms with van der Waals surface area (Å²) in [7, 11) is 2.09. The molecule has 5 aromatic rings. The van der Waals surface area contributed by atoms with Crippen molar-refractivity contribution < 1.29 is 33.4 Å². The van der Waals surface area contributed by atoms with Crippen molar-refractivity contribution in [2.75, 3.05) is 37.8 Å². The molecule has 1 unspecified atom stereocenters. The van der Waals surface area contributed by atoms with Gasteiger partial charge in [-0.15, -0.1) is 0 Å². The number of anilines is 1. The summed E-state index contributed by atoms with van der Waals surface area (Å²) < 4.78 is 20.3. The minimum Gasteiger partial charge on any atom is -0.474 e. The van der Waals surface area contributed by atoms with Crippen LogP contribution in [0.1, 0.15) is 72.1 Å². The number of rotatable bonds is 15. The lowest BCUT2D eigenvalue weighted by atomic mass is 9.92. The molecule has 294 valence electrons. The molecule has 4 amide bonds. The molecule has 2 aromatic carbocycles. The quantitative estimate of drug-likeness (QED) is 0.102.